The molecule has 2 rings (SSSR count). The molecule has 0 N–H and O–H groups in total. The number of hydrogen-bond donors (Lipinski definition) is 0. The van der Waals surface area contributed by atoms with Gasteiger partial charge in [0.05, 0.1) is 17.3 Å². The van der Waals surface area contributed by atoms with Gasteiger partial charge in [-0.1, -0.05) is 25.5 Å². The van der Waals surface area contributed by atoms with Gasteiger partial charge in [-0.05, 0) is 24.1 Å². The lowest BCUT2D eigenvalue weighted by atomic mass is 10.1. The van der Waals surface area contributed by atoms with Crippen molar-refractivity contribution >= 4 is 17.3 Å². The van der Waals surface area contributed by atoms with Crippen molar-refractivity contribution in [3.05, 3.63) is 45.9 Å². The Morgan fingerprint density at radius 2 is 2.05 bits per heavy atom. The number of rotatable bonds is 8. The van der Waals surface area contributed by atoms with Gasteiger partial charge >= 0.3 is 0 Å². The van der Waals surface area contributed by atoms with Gasteiger partial charge in [0.1, 0.15) is 5.75 Å². The molecule has 112 valence electrons. The number of carboxylic acids is 1. The van der Waals surface area contributed by atoms with Crippen molar-refractivity contribution in [2.24, 2.45) is 0 Å². The summed E-state index contributed by atoms with van der Waals surface area (Å²) in [5, 5.41) is 13.1. The van der Waals surface area contributed by atoms with E-state index in [0.29, 0.717) is 18.7 Å². The summed E-state index contributed by atoms with van der Waals surface area (Å²) >= 11 is 1.45. The SMILES string of the molecule is CCCc1ccc(OCCc2nc(CC(=O)[O-])cs2)cc1. The van der Waals surface area contributed by atoms with Crippen LogP contribution in [0, 0.1) is 0 Å². The Kier molecular flexibility index (Phi) is 5.75. The van der Waals surface area contributed by atoms with Crippen LogP contribution in [0.25, 0.3) is 0 Å². The summed E-state index contributed by atoms with van der Waals surface area (Å²) < 4.78 is 5.67. The molecule has 0 saturated carbocycles. The molecule has 0 atom stereocenters. The van der Waals surface area contributed by atoms with Crippen LogP contribution in [0.3, 0.4) is 0 Å². The van der Waals surface area contributed by atoms with Gasteiger partial charge in [-0.2, -0.15) is 0 Å². The van der Waals surface area contributed by atoms with E-state index in [4.69, 9.17) is 4.74 Å². The molecule has 0 radical (unpaired) electrons. The fourth-order valence-corrected chi connectivity index (χ4v) is 2.77. The van der Waals surface area contributed by atoms with Crippen LogP contribution < -0.4 is 9.84 Å². The summed E-state index contributed by atoms with van der Waals surface area (Å²) in [4.78, 5) is 14.7. The van der Waals surface area contributed by atoms with Crippen molar-refractivity contribution in [3.63, 3.8) is 0 Å². The molecule has 0 fully saturated rings. The topological polar surface area (TPSA) is 62.2 Å². The molecule has 4 nitrogen and oxygen atoms in total. The van der Waals surface area contributed by atoms with Crippen LogP contribution in [-0.4, -0.2) is 17.6 Å². The Morgan fingerprint density at radius 3 is 2.71 bits per heavy atom. The second kappa shape index (κ2) is 7.78. The number of aryl methyl sites for hydroxylation is 1. The molecule has 0 aliphatic heterocycles. The molecule has 21 heavy (non-hydrogen) atoms. The first-order valence-corrected chi connectivity index (χ1v) is 7.90. The quantitative estimate of drug-likeness (QED) is 0.748. The van der Waals surface area contributed by atoms with Gasteiger partial charge < -0.3 is 14.6 Å². The van der Waals surface area contributed by atoms with E-state index >= 15 is 0 Å². The fourth-order valence-electron chi connectivity index (χ4n) is 1.99. The van der Waals surface area contributed by atoms with Crippen LogP contribution >= 0.6 is 11.3 Å². The Labute approximate surface area is 128 Å². The Morgan fingerprint density at radius 1 is 1.29 bits per heavy atom. The summed E-state index contributed by atoms with van der Waals surface area (Å²) in [5.74, 6) is -0.253. The summed E-state index contributed by atoms with van der Waals surface area (Å²) in [7, 11) is 0. The number of nitrogens with zero attached hydrogens (tertiary/aromatic N) is 1. The van der Waals surface area contributed by atoms with E-state index in [-0.39, 0.29) is 6.42 Å². The Balaban J connectivity index is 1.78. The van der Waals surface area contributed by atoms with Crippen molar-refractivity contribution in [1.82, 2.24) is 4.98 Å². The molecular formula is C16H18NO3S-. The highest BCUT2D eigenvalue weighted by molar-refractivity contribution is 7.09. The lowest BCUT2D eigenvalue weighted by Crippen LogP contribution is -2.24. The van der Waals surface area contributed by atoms with Crippen LogP contribution in [0.5, 0.6) is 5.75 Å². The zero-order chi connectivity index (χ0) is 15.1. The van der Waals surface area contributed by atoms with E-state index in [1.54, 1.807) is 5.38 Å². The third kappa shape index (κ3) is 5.19. The summed E-state index contributed by atoms with van der Waals surface area (Å²) in [5.41, 5.74) is 1.87. The molecule has 5 heteroatoms. The molecular weight excluding hydrogens is 286 g/mol. The van der Waals surface area contributed by atoms with E-state index < -0.39 is 5.97 Å². The van der Waals surface area contributed by atoms with Crippen LogP contribution in [0.4, 0.5) is 0 Å². The predicted molar refractivity (Wildman–Crippen MR) is 80.5 cm³/mol. The second-order valence-corrected chi connectivity index (χ2v) is 5.72. The number of hydrogen-bond acceptors (Lipinski definition) is 5. The van der Waals surface area contributed by atoms with Crippen LogP contribution in [0.15, 0.2) is 29.6 Å². The molecule has 1 aromatic carbocycles. The predicted octanol–water partition coefficient (Wildman–Crippen LogP) is 2.01. The van der Waals surface area contributed by atoms with Crippen LogP contribution in [-0.2, 0) is 24.1 Å². The molecule has 0 saturated heterocycles. The zero-order valence-corrected chi connectivity index (χ0v) is 12.8. The third-order valence-corrected chi connectivity index (χ3v) is 3.93. The van der Waals surface area contributed by atoms with Crippen molar-refractivity contribution in [1.29, 1.82) is 0 Å². The minimum Gasteiger partial charge on any atom is -0.550 e. The van der Waals surface area contributed by atoms with Gasteiger partial charge in [-0.3, -0.25) is 0 Å². The number of ether oxygens (including phenoxy) is 1. The van der Waals surface area contributed by atoms with Crippen LogP contribution in [0.2, 0.25) is 0 Å². The summed E-state index contributed by atoms with van der Waals surface area (Å²) in [6.07, 6.45) is 2.77. The number of aromatic nitrogens is 1. The van der Waals surface area contributed by atoms with E-state index in [1.165, 1.54) is 16.9 Å². The normalized spacial score (nSPS) is 10.5. The van der Waals surface area contributed by atoms with Gasteiger partial charge in [0.25, 0.3) is 0 Å². The van der Waals surface area contributed by atoms with Crippen LogP contribution in [0.1, 0.15) is 29.6 Å². The van der Waals surface area contributed by atoms with Gasteiger partial charge in [0, 0.05) is 24.2 Å². The van der Waals surface area contributed by atoms with Gasteiger partial charge in [0.2, 0.25) is 0 Å². The monoisotopic (exact) mass is 304 g/mol. The van der Waals surface area contributed by atoms with E-state index in [0.717, 1.165) is 23.6 Å². The fraction of sp³-hybridized carbons (Fsp3) is 0.375. The maximum Gasteiger partial charge on any atom is 0.119 e. The highest BCUT2D eigenvalue weighted by atomic mass is 32.1. The highest BCUT2D eigenvalue weighted by Crippen LogP contribution is 2.15. The van der Waals surface area contributed by atoms with Gasteiger partial charge in [-0.15, -0.1) is 11.3 Å². The smallest absolute Gasteiger partial charge is 0.119 e. The number of aliphatic carboxylic acids is 1. The Bertz CT molecular complexity index is 577. The first-order valence-electron chi connectivity index (χ1n) is 7.02. The maximum absolute atomic E-state index is 10.5. The average Bonchev–Trinajstić information content (AvgIpc) is 2.88. The number of carbonyl (C=O) groups is 1. The highest BCUT2D eigenvalue weighted by Gasteiger charge is 2.03. The third-order valence-electron chi connectivity index (χ3n) is 2.97. The first-order chi connectivity index (χ1) is 10.2. The lowest BCUT2D eigenvalue weighted by Gasteiger charge is -2.06. The molecule has 0 aliphatic rings. The number of thiazole rings is 1. The first kappa shape index (κ1) is 15.5. The second-order valence-electron chi connectivity index (χ2n) is 4.77. The number of benzene rings is 1. The number of carboxylic acid groups (broad SMARTS) is 1. The number of carbonyl (C=O) groups excluding carboxylic acids is 1. The van der Waals surface area contributed by atoms with E-state index in [9.17, 15) is 9.90 Å². The van der Waals surface area contributed by atoms with Crippen molar-refractivity contribution in [3.8, 4) is 5.75 Å². The molecule has 0 amide bonds. The standard InChI is InChI=1S/C16H19NO3S/c1-2-3-12-4-6-14(7-5-12)20-9-8-15-17-13(11-21-15)10-16(18)19/h4-7,11H,2-3,8-10H2,1H3,(H,18,19)/p-1. The van der Waals surface area contributed by atoms with Gasteiger partial charge in [-0.25, -0.2) is 4.98 Å². The molecule has 1 heterocycles. The molecule has 0 bridgehead atoms. The largest absolute Gasteiger partial charge is 0.550 e. The molecule has 0 spiro atoms. The van der Waals surface area contributed by atoms with Crippen molar-refractivity contribution in [2.45, 2.75) is 32.6 Å². The molecule has 1 aromatic heterocycles. The molecule has 0 aliphatic carbocycles. The summed E-state index contributed by atoms with van der Waals surface area (Å²) in [6, 6.07) is 8.13. The summed E-state index contributed by atoms with van der Waals surface area (Å²) in [6.45, 7) is 2.69. The minimum absolute atomic E-state index is 0.129. The Hall–Kier alpha value is -1.88. The molecule has 2 aromatic rings. The lowest BCUT2D eigenvalue weighted by molar-refractivity contribution is -0.304. The average molecular weight is 304 g/mol. The van der Waals surface area contributed by atoms with Crippen molar-refractivity contribution in [2.75, 3.05) is 6.61 Å². The minimum atomic E-state index is -1.10. The van der Waals surface area contributed by atoms with Crippen molar-refractivity contribution < 1.29 is 14.6 Å². The van der Waals surface area contributed by atoms with E-state index in [2.05, 4.69) is 24.0 Å². The molecule has 0 unspecified atom stereocenters. The van der Waals surface area contributed by atoms with E-state index in [1.807, 2.05) is 12.1 Å². The maximum atomic E-state index is 10.5. The zero-order valence-electron chi connectivity index (χ0n) is 12.0. The van der Waals surface area contributed by atoms with Gasteiger partial charge in [0.15, 0.2) is 0 Å².